The summed E-state index contributed by atoms with van der Waals surface area (Å²) >= 11 is 0. The van der Waals surface area contributed by atoms with Crippen LogP contribution in [0.25, 0.3) is 11.1 Å². The van der Waals surface area contributed by atoms with Crippen LogP contribution in [0.5, 0.6) is 0 Å². The van der Waals surface area contributed by atoms with Crippen molar-refractivity contribution in [1.29, 1.82) is 0 Å². The molecule has 188 valence electrons. The number of alkyl carbamates (subject to hydrolysis) is 1. The number of amides is 2. The first-order chi connectivity index (χ1) is 16.8. The molecule has 0 radical (unpaired) electrons. The number of hydrogen-bond donors (Lipinski definition) is 4. The van der Waals surface area contributed by atoms with Gasteiger partial charge in [-0.15, -0.1) is 0 Å². The van der Waals surface area contributed by atoms with Gasteiger partial charge in [0.2, 0.25) is 5.91 Å². The molecule has 0 saturated heterocycles. The standard InChI is InChI=1S/C27H34N2O6/c1-17(2)18(11-12-25(31)29-24(15-30)26(32)33)13-14-28-27(34)35-16-23-21-9-5-3-7-19(21)20-8-4-6-10-22(20)23/h3-10,17-18,23-24,30H,11-16H2,1-2H3,(H,28,34)(H,29,31)(H,32,33)/t18?,24-/m0/s1. The van der Waals surface area contributed by atoms with Crippen LogP contribution >= 0.6 is 0 Å². The molecule has 2 atom stereocenters. The van der Waals surface area contributed by atoms with Crippen molar-refractivity contribution in [3.8, 4) is 11.1 Å². The molecule has 8 heteroatoms. The average molecular weight is 483 g/mol. The summed E-state index contributed by atoms with van der Waals surface area (Å²) in [6, 6.07) is 15.0. The van der Waals surface area contributed by atoms with Crippen molar-refractivity contribution >= 4 is 18.0 Å². The highest BCUT2D eigenvalue weighted by molar-refractivity contribution is 5.83. The molecule has 0 aromatic heterocycles. The second-order valence-electron chi connectivity index (χ2n) is 9.22. The Bertz CT molecular complexity index is 992. The molecule has 0 heterocycles. The Kier molecular flexibility index (Phi) is 9.25. The number of benzene rings is 2. The third kappa shape index (κ3) is 6.82. The normalized spacial score (nSPS) is 14.1. The maximum absolute atomic E-state index is 12.4. The van der Waals surface area contributed by atoms with Gasteiger partial charge in [-0.25, -0.2) is 9.59 Å². The molecular weight excluding hydrogens is 448 g/mol. The van der Waals surface area contributed by atoms with Crippen LogP contribution < -0.4 is 10.6 Å². The fourth-order valence-electron chi connectivity index (χ4n) is 4.59. The monoisotopic (exact) mass is 482 g/mol. The van der Waals surface area contributed by atoms with Crippen molar-refractivity contribution in [2.45, 2.75) is 45.1 Å². The maximum atomic E-state index is 12.4. The molecule has 0 fully saturated rings. The Balaban J connectivity index is 1.44. The van der Waals surface area contributed by atoms with E-state index >= 15 is 0 Å². The van der Waals surface area contributed by atoms with E-state index in [1.807, 2.05) is 38.1 Å². The molecule has 8 nitrogen and oxygen atoms in total. The minimum Gasteiger partial charge on any atom is -0.480 e. The quantitative estimate of drug-likeness (QED) is 0.367. The fraction of sp³-hybridized carbons (Fsp3) is 0.444. The van der Waals surface area contributed by atoms with Crippen molar-refractivity contribution in [2.24, 2.45) is 11.8 Å². The minimum atomic E-state index is -1.30. The van der Waals surface area contributed by atoms with Crippen LogP contribution in [-0.4, -0.2) is 54.0 Å². The predicted molar refractivity (Wildman–Crippen MR) is 132 cm³/mol. The summed E-state index contributed by atoms with van der Waals surface area (Å²) in [7, 11) is 0. The Morgan fingerprint density at radius 2 is 1.57 bits per heavy atom. The van der Waals surface area contributed by atoms with Gasteiger partial charge in [-0.3, -0.25) is 4.79 Å². The highest BCUT2D eigenvalue weighted by atomic mass is 16.5. The molecule has 3 rings (SSSR count). The van der Waals surface area contributed by atoms with Gasteiger partial charge in [0.15, 0.2) is 0 Å². The highest BCUT2D eigenvalue weighted by Gasteiger charge is 2.29. The molecule has 0 aliphatic heterocycles. The summed E-state index contributed by atoms with van der Waals surface area (Å²) in [5.74, 6) is -1.24. The van der Waals surface area contributed by atoms with Gasteiger partial charge in [0, 0.05) is 18.9 Å². The van der Waals surface area contributed by atoms with Crippen molar-refractivity contribution in [3.05, 3.63) is 59.7 Å². The minimum absolute atomic E-state index is 0.00336. The summed E-state index contributed by atoms with van der Waals surface area (Å²) in [5, 5.41) is 23.1. The number of fused-ring (bicyclic) bond motifs is 3. The van der Waals surface area contributed by atoms with Gasteiger partial charge in [0.1, 0.15) is 12.6 Å². The second kappa shape index (κ2) is 12.4. The number of carbonyl (C=O) groups is 3. The smallest absolute Gasteiger partial charge is 0.407 e. The number of aliphatic hydroxyl groups is 1. The van der Waals surface area contributed by atoms with Crippen molar-refractivity contribution in [3.63, 3.8) is 0 Å². The molecule has 2 aromatic carbocycles. The van der Waals surface area contributed by atoms with E-state index in [0.717, 1.165) is 11.1 Å². The molecule has 1 unspecified atom stereocenters. The van der Waals surface area contributed by atoms with Crippen molar-refractivity contribution in [2.75, 3.05) is 19.8 Å². The Morgan fingerprint density at radius 3 is 2.11 bits per heavy atom. The van der Waals surface area contributed by atoms with Crippen LogP contribution in [-0.2, 0) is 14.3 Å². The molecule has 1 aliphatic rings. The average Bonchev–Trinajstić information content (AvgIpc) is 3.16. The molecule has 0 saturated carbocycles. The number of aliphatic hydroxyl groups excluding tert-OH is 1. The molecule has 4 N–H and O–H groups in total. The van der Waals surface area contributed by atoms with E-state index in [1.165, 1.54) is 11.1 Å². The first-order valence-electron chi connectivity index (χ1n) is 12.0. The van der Waals surface area contributed by atoms with Gasteiger partial charge in [-0.05, 0) is 46.9 Å². The van der Waals surface area contributed by atoms with E-state index in [-0.39, 0.29) is 30.8 Å². The molecule has 2 amide bonds. The lowest BCUT2D eigenvalue weighted by Gasteiger charge is -2.21. The first kappa shape index (κ1) is 26.2. The van der Waals surface area contributed by atoms with Crippen LogP contribution in [0.1, 0.15) is 50.2 Å². The zero-order valence-electron chi connectivity index (χ0n) is 20.2. The summed E-state index contributed by atoms with van der Waals surface area (Å²) in [6.07, 6.45) is 0.891. The summed E-state index contributed by atoms with van der Waals surface area (Å²) in [4.78, 5) is 35.4. The Morgan fingerprint density at radius 1 is 0.971 bits per heavy atom. The number of carboxylic acids is 1. The van der Waals surface area contributed by atoms with Crippen molar-refractivity contribution < 1.29 is 29.3 Å². The topological polar surface area (TPSA) is 125 Å². The number of nitrogens with one attached hydrogen (secondary N) is 2. The van der Waals surface area contributed by atoms with E-state index < -0.39 is 30.6 Å². The van der Waals surface area contributed by atoms with Gasteiger partial charge in [-0.2, -0.15) is 0 Å². The number of ether oxygens (including phenoxy) is 1. The summed E-state index contributed by atoms with van der Waals surface area (Å²) in [5.41, 5.74) is 4.67. The van der Waals surface area contributed by atoms with E-state index in [2.05, 4.69) is 34.9 Å². The van der Waals surface area contributed by atoms with Gasteiger partial charge < -0.3 is 25.6 Å². The molecule has 0 bridgehead atoms. The second-order valence-corrected chi connectivity index (χ2v) is 9.22. The van der Waals surface area contributed by atoms with Gasteiger partial charge in [-0.1, -0.05) is 62.4 Å². The number of rotatable bonds is 12. The third-order valence-corrected chi connectivity index (χ3v) is 6.63. The summed E-state index contributed by atoms with van der Waals surface area (Å²) in [6.45, 7) is 4.10. The van der Waals surface area contributed by atoms with Crippen LogP contribution in [0.4, 0.5) is 4.79 Å². The number of hydrogen-bond acceptors (Lipinski definition) is 5. The predicted octanol–water partition coefficient (Wildman–Crippen LogP) is 3.53. The van der Waals surface area contributed by atoms with Gasteiger partial charge in [0.25, 0.3) is 0 Å². The van der Waals surface area contributed by atoms with Gasteiger partial charge in [0.05, 0.1) is 6.61 Å². The van der Waals surface area contributed by atoms with E-state index in [4.69, 9.17) is 14.9 Å². The van der Waals surface area contributed by atoms with E-state index in [1.54, 1.807) is 0 Å². The molecule has 2 aromatic rings. The van der Waals surface area contributed by atoms with Crippen molar-refractivity contribution in [1.82, 2.24) is 10.6 Å². The fourth-order valence-corrected chi connectivity index (χ4v) is 4.59. The van der Waals surface area contributed by atoms with Crippen LogP contribution in [0, 0.1) is 11.8 Å². The lowest BCUT2D eigenvalue weighted by Crippen LogP contribution is -2.43. The van der Waals surface area contributed by atoms with E-state index in [0.29, 0.717) is 19.4 Å². The van der Waals surface area contributed by atoms with Gasteiger partial charge >= 0.3 is 12.1 Å². The third-order valence-electron chi connectivity index (χ3n) is 6.63. The lowest BCUT2D eigenvalue weighted by molar-refractivity contribution is -0.143. The van der Waals surface area contributed by atoms with Crippen LogP contribution in [0.2, 0.25) is 0 Å². The number of aliphatic carboxylic acids is 1. The van der Waals surface area contributed by atoms with E-state index in [9.17, 15) is 14.4 Å². The number of carbonyl (C=O) groups excluding carboxylic acids is 2. The molecule has 1 aliphatic carbocycles. The zero-order valence-corrected chi connectivity index (χ0v) is 20.2. The zero-order chi connectivity index (χ0) is 25.4. The molecule has 0 spiro atoms. The highest BCUT2D eigenvalue weighted by Crippen LogP contribution is 2.44. The first-order valence-corrected chi connectivity index (χ1v) is 12.0. The SMILES string of the molecule is CC(C)C(CCNC(=O)OCC1c2ccccc2-c2ccccc21)CCC(=O)N[C@@H](CO)C(=O)O. The lowest BCUT2D eigenvalue weighted by atomic mass is 9.88. The molecular formula is C27H34N2O6. The number of carboxylic acid groups (broad SMARTS) is 1. The van der Waals surface area contributed by atoms with Crippen LogP contribution in [0.3, 0.4) is 0 Å². The molecule has 35 heavy (non-hydrogen) atoms. The van der Waals surface area contributed by atoms with Crippen LogP contribution in [0.15, 0.2) is 48.5 Å². The summed E-state index contributed by atoms with van der Waals surface area (Å²) < 4.78 is 5.57. The Hall–Kier alpha value is -3.39. The maximum Gasteiger partial charge on any atom is 0.407 e. The Labute approximate surface area is 205 Å². The largest absolute Gasteiger partial charge is 0.480 e.